The Balaban J connectivity index is 1.73. The highest BCUT2D eigenvalue weighted by Gasteiger charge is 2.32. The molecule has 9 nitrogen and oxygen atoms in total. The maximum absolute atomic E-state index is 11.9. The van der Waals surface area contributed by atoms with Crippen LogP contribution in [0, 0.1) is 0 Å². The van der Waals surface area contributed by atoms with Crippen LogP contribution in [-0.4, -0.2) is 48.8 Å². The first-order chi connectivity index (χ1) is 10.4. The molecule has 0 aliphatic carbocycles. The molecule has 1 saturated heterocycles. The van der Waals surface area contributed by atoms with Crippen LogP contribution in [0.1, 0.15) is 6.04 Å². The number of carbonyl (C=O) groups is 1. The van der Waals surface area contributed by atoms with Crippen molar-refractivity contribution < 1.29 is 9.90 Å². The zero-order chi connectivity index (χ0) is 15.9. The lowest BCUT2D eigenvalue weighted by Gasteiger charge is -2.36. The Bertz CT molecular complexity index is 779. The first-order valence-corrected chi connectivity index (χ1v) is 6.86. The summed E-state index contributed by atoms with van der Waals surface area (Å²) in [6.07, 6.45) is 0.802. The predicted octanol–water partition coefficient (Wildman–Crippen LogP) is 0.908. The van der Waals surface area contributed by atoms with Crippen molar-refractivity contribution in [2.24, 2.45) is 7.05 Å². The molecule has 0 bridgehead atoms. The molecule has 0 spiro atoms. The highest BCUT2D eigenvalue weighted by atomic mass is 35.5. The van der Waals surface area contributed by atoms with E-state index in [9.17, 15) is 9.59 Å². The SMILES string of the molecule is Cn1nc(Cl)cc(Nc2ccn(C3CN(C(=O)O)C3)n2)c1=O. The molecule has 1 aliphatic heterocycles. The molecular formula is C12H13ClN6O3. The summed E-state index contributed by atoms with van der Waals surface area (Å²) in [7, 11) is 1.51. The van der Waals surface area contributed by atoms with Crippen LogP contribution in [0.2, 0.25) is 5.15 Å². The minimum absolute atomic E-state index is 0.00973. The third-order valence-corrected chi connectivity index (χ3v) is 3.60. The largest absolute Gasteiger partial charge is 0.465 e. The minimum Gasteiger partial charge on any atom is -0.465 e. The van der Waals surface area contributed by atoms with Gasteiger partial charge in [0.05, 0.1) is 6.04 Å². The van der Waals surface area contributed by atoms with E-state index in [0.29, 0.717) is 18.9 Å². The number of carboxylic acid groups (broad SMARTS) is 1. The van der Waals surface area contributed by atoms with Crippen LogP contribution >= 0.6 is 11.6 Å². The molecular weight excluding hydrogens is 312 g/mol. The highest BCUT2D eigenvalue weighted by molar-refractivity contribution is 6.29. The first kappa shape index (κ1) is 14.4. The predicted molar refractivity (Wildman–Crippen MR) is 78.6 cm³/mol. The summed E-state index contributed by atoms with van der Waals surface area (Å²) in [6, 6.07) is 3.14. The van der Waals surface area contributed by atoms with Crippen molar-refractivity contribution in [1.82, 2.24) is 24.5 Å². The molecule has 0 radical (unpaired) electrons. The van der Waals surface area contributed by atoms with Gasteiger partial charge in [-0.1, -0.05) is 11.6 Å². The second-order valence-electron chi connectivity index (χ2n) is 4.96. The smallest absolute Gasteiger partial charge is 0.407 e. The average Bonchev–Trinajstić information content (AvgIpc) is 2.81. The maximum atomic E-state index is 11.9. The van der Waals surface area contributed by atoms with Crippen molar-refractivity contribution in [2.75, 3.05) is 18.4 Å². The Morgan fingerprint density at radius 3 is 2.86 bits per heavy atom. The number of aromatic nitrogens is 4. The van der Waals surface area contributed by atoms with Gasteiger partial charge in [-0.3, -0.25) is 9.48 Å². The Hall–Kier alpha value is -2.55. The number of anilines is 2. The number of nitrogens with zero attached hydrogens (tertiary/aromatic N) is 5. The standard InChI is InChI=1S/C12H13ClN6O3/c1-17-11(20)8(4-9(13)15-17)14-10-2-3-19(16-10)7-5-18(6-7)12(21)22/h2-4,7H,5-6H2,1H3,(H,14,16)(H,21,22). The Morgan fingerprint density at radius 1 is 1.45 bits per heavy atom. The molecule has 2 aromatic heterocycles. The van der Waals surface area contributed by atoms with Crippen molar-refractivity contribution in [3.8, 4) is 0 Å². The van der Waals surface area contributed by atoms with E-state index >= 15 is 0 Å². The lowest BCUT2D eigenvalue weighted by atomic mass is 10.1. The van der Waals surface area contributed by atoms with E-state index in [2.05, 4.69) is 15.5 Å². The summed E-state index contributed by atoms with van der Waals surface area (Å²) in [6.45, 7) is 0.804. The first-order valence-electron chi connectivity index (χ1n) is 6.48. The molecule has 3 heterocycles. The monoisotopic (exact) mass is 324 g/mol. The van der Waals surface area contributed by atoms with Crippen LogP contribution < -0.4 is 10.9 Å². The van der Waals surface area contributed by atoms with E-state index in [1.165, 1.54) is 18.0 Å². The van der Waals surface area contributed by atoms with Crippen LogP contribution in [-0.2, 0) is 7.05 Å². The van der Waals surface area contributed by atoms with Gasteiger partial charge < -0.3 is 15.3 Å². The topological polar surface area (TPSA) is 105 Å². The number of amides is 1. The van der Waals surface area contributed by atoms with Crippen LogP contribution in [0.3, 0.4) is 0 Å². The van der Waals surface area contributed by atoms with Crippen molar-refractivity contribution in [1.29, 1.82) is 0 Å². The molecule has 1 amide bonds. The quantitative estimate of drug-likeness (QED) is 0.869. The zero-order valence-corrected chi connectivity index (χ0v) is 12.4. The van der Waals surface area contributed by atoms with E-state index in [1.54, 1.807) is 16.9 Å². The summed E-state index contributed by atoms with van der Waals surface area (Å²) in [4.78, 5) is 24.0. The van der Waals surface area contributed by atoms with Gasteiger partial charge in [-0.2, -0.15) is 10.2 Å². The molecule has 0 aromatic carbocycles. The van der Waals surface area contributed by atoms with Crippen molar-refractivity contribution in [2.45, 2.75) is 6.04 Å². The van der Waals surface area contributed by atoms with Gasteiger partial charge >= 0.3 is 6.09 Å². The number of hydrogen-bond donors (Lipinski definition) is 2. The number of likely N-dealkylation sites (tertiary alicyclic amines) is 1. The third kappa shape index (κ3) is 2.62. The van der Waals surface area contributed by atoms with Gasteiger partial charge in [-0.25, -0.2) is 9.48 Å². The molecule has 2 aromatic rings. The van der Waals surface area contributed by atoms with E-state index < -0.39 is 6.09 Å². The fourth-order valence-corrected chi connectivity index (χ4v) is 2.41. The van der Waals surface area contributed by atoms with Gasteiger partial charge in [0, 0.05) is 38.5 Å². The zero-order valence-electron chi connectivity index (χ0n) is 11.6. The van der Waals surface area contributed by atoms with Crippen molar-refractivity contribution in [3.05, 3.63) is 33.8 Å². The molecule has 0 unspecified atom stereocenters. The van der Waals surface area contributed by atoms with Crippen molar-refractivity contribution >= 4 is 29.2 Å². The maximum Gasteiger partial charge on any atom is 0.407 e. The van der Waals surface area contributed by atoms with Crippen LogP contribution in [0.4, 0.5) is 16.3 Å². The molecule has 0 saturated carbocycles. The second kappa shape index (κ2) is 5.34. The summed E-state index contributed by atoms with van der Waals surface area (Å²) in [5, 5.41) is 20.0. The molecule has 3 rings (SSSR count). The van der Waals surface area contributed by atoms with Crippen molar-refractivity contribution in [3.63, 3.8) is 0 Å². The minimum atomic E-state index is -0.934. The fraction of sp³-hybridized carbons (Fsp3) is 0.333. The third-order valence-electron chi connectivity index (χ3n) is 3.41. The van der Waals surface area contributed by atoms with Crippen LogP contribution in [0.5, 0.6) is 0 Å². The van der Waals surface area contributed by atoms with E-state index in [0.717, 1.165) is 4.68 Å². The average molecular weight is 325 g/mol. The normalized spacial score (nSPS) is 14.7. The summed E-state index contributed by atoms with van der Waals surface area (Å²) in [5.41, 5.74) is -0.0480. The van der Waals surface area contributed by atoms with Crippen LogP contribution in [0.25, 0.3) is 0 Å². The Kier molecular flexibility index (Phi) is 3.49. The number of hydrogen-bond acceptors (Lipinski definition) is 5. The van der Waals surface area contributed by atoms with Gasteiger partial charge in [0.2, 0.25) is 0 Å². The Morgan fingerprint density at radius 2 is 2.18 bits per heavy atom. The lowest BCUT2D eigenvalue weighted by molar-refractivity contribution is 0.0813. The van der Waals surface area contributed by atoms with Gasteiger partial charge in [-0.05, 0) is 0 Å². The fourth-order valence-electron chi connectivity index (χ4n) is 2.19. The van der Waals surface area contributed by atoms with Gasteiger partial charge in [0.15, 0.2) is 11.0 Å². The molecule has 1 fully saturated rings. The molecule has 10 heteroatoms. The molecule has 2 N–H and O–H groups in total. The lowest BCUT2D eigenvalue weighted by Crippen LogP contribution is -2.50. The Labute approximate surface area is 129 Å². The summed E-state index contributed by atoms with van der Waals surface area (Å²) >= 11 is 5.82. The number of halogens is 1. The van der Waals surface area contributed by atoms with E-state index in [1.807, 2.05) is 0 Å². The van der Waals surface area contributed by atoms with Gasteiger partial charge in [0.1, 0.15) is 5.69 Å². The van der Waals surface area contributed by atoms with Gasteiger partial charge in [-0.15, -0.1) is 0 Å². The summed E-state index contributed by atoms with van der Waals surface area (Å²) in [5.74, 6) is 0.480. The molecule has 116 valence electrons. The molecule has 0 atom stereocenters. The van der Waals surface area contributed by atoms with E-state index in [-0.39, 0.29) is 22.4 Å². The number of rotatable bonds is 3. The number of aryl methyl sites for hydroxylation is 1. The van der Waals surface area contributed by atoms with E-state index in [4.69, 9.17) is 16.7 Å². The second-order valence-corrected chi connectivity index (χ2v) is 5.34. The molecule has 1 aliphatic rings. The van der Waals surface area contributed by atoms with Crippen LogP contribution in [0.15, 0.2) is 23.1 Å². The molecule has 22 heavy (non-hydrogen) atoms. The number of nitrogens with one attached hydrogen (secondary N) is 1. The summed E-state index contributed by atoms with van der Waals surface area (Å²) < 4.78 is 2.81. The van der Waals surface area contributed by atoms with Gasteiger partial charge in [0.25, 0.3) is 5.56 Å². The highest BCUT2D eigenvalue weighted by Crippen LogP contribution is 2.22.